The Balaban J connectivity index is 2.02. The van der Waals surface area contributed by atoms with Gasteiger partial charge in [0.25, 0.3) is 0 Å². The van der Waals surface area contributed by atoms with Crippen molar-refractivity contribution in [2.45, 2.75) is 19.0 Å². The molecule has 1 aromatic carbocycles. The molecule has 2 nitrogen and oxygen atoms in total. The maximum absolute atomic E-state index is 12.9. The third kappa shape index (κ3) is 2.73. The molecule has 1 atom stereocenters. The zero-order valence-electron chi connectivity index (χ0n) is 9.34. The van der Waals surface area contributed by atoms with E-state index in [1.54, 1.807) is 6.07 Å². The molecule has 1 unspecified atom stereocenters. The Morgan fingerprint density at radius 1 is 1.56 bits per heavy atom. The van der Waals surface area contributed by atoms with Gasteiger partial charge in [-0.05, 0) is 37.7 Å². The van der Waals surface area contributed by atoms with Crippen molar-refractivity contribution in [3.63, 3.8) is 0 Å². The van der Waals surface area contributed by atoms with Crippen molar-refractivity contribution >= 4 is 11.6 Å². The van der Waals surface area contributed by atoms with Gasteiger partial charge in [0.2, 0.25) is 0 Å². The molecule has 16 heavy (non-hydrogen) atoms. The minimum Gasteiger partial charge on any atom is -0.315 e. The van der Waals surface area contributed by atoms with Gasteiger partial charge in [-0.3, -0.25) is 4.90 Å². The minimum absolute atomic E-state index is 0.279. The molecule has 0 aromatic heterocycles. The van der Waals surface area contributed by atoms with Crippen LogP contribution in [0.3, 0.4) is 0 Å². The topological polar surface area (TPSA) is 15.3 Å². The molecular formula is C12H16ClFN2. The highest BCUT2D eigenvalue weighted by Crippen LogP contribution is 2.20. The molecule has 1 N–H and O–H groups in total. The normalized spacial score (nSPS) is 20.6. The molecule has 0 radical (unpaired) electrons. The van der Waals surface area contributed by atoms with Crippen molar-refractivity contribution in [3.05, 3.63) is 34.6 Å². The molecule has 1 aliphatic rings. The lowest BCUT2D eigenvalue weighted by Gasteiger charge is -2.23. The largest absolute Gasteiger partial charge is 0.315 e. The molecule has 1 aromatic rings. The third-order valence-electron chi connectivity index (χ3n) is 3.09. The first kappa shape index (κ1) is 11.8. The van der Waals surface area contributed by atoms with Gasteiger partial charge < -0.3 is 5.32 Å². The van der Waals surface area contributed by atoms with E-state index in [0.29, 0.717) is 11.1 Å². The van der Waals surface area contributed by atoms with Crippen LogP contribution in [0.4, 0.5) is 4.39 Å². The number of rotatable bonds is 3. The Morgan fingerprint density at radius 3 is 3.00 bits per heavy atom. The fraction of sp³-hybridized carbons (Fsp3) is 0.500. The number of nitrogens with one attached hydrogen (secondary N) is 1. The number of likely N-dealkylation sites (N-methyl/N-ethyl adjacent to an activating group) is 1. The lowest BCUT2D eigenvalue weighted by atomic mass is 10.1. The Morgan fingerprint density at radius 2 is 2.38 bits per heavy atom. The molecule has 1 aliphatic heterocycles. The lowest BCUT2D eigenvalue weighted by Crippen LogP contribution is -2.32. The fourth-order valence-corrected chi connectivity index (χ4v) is 2.29. The van der Waals surface area contributed by atoms with Crippen LogP contribution in [-0.4, -0.2) is 31.1 Å². The van der Waals surface area contributed by atoms with Crippen LogP contribution in [0.5, 0.6) is 0 Å². The maximum atomic E-state index is 12.9. The van der Waals surface area contributed by atoms with Crippen LogP contribution in [0.2, 0.25) is 5.02 Å². The Hall–Kier alpha value is -0.640. The highest BCUT2D eigenvalue weighted by molar-refractivity contribution is 6.31. The Kier molecular flexibility index (Phi) is 3.79. The van der Waals surface area contributed by atoms with E-state index in [9.17, 15) is 4.39 Å². The highest BCUT2D eigenvalue weighted by Gasteiger charge is 2.19. The van der Waals surface area contributed by atoms with E-state index in [4.69, 9.17) is 11.6 Å². The van der Waals surface area contributed by atoms with Crippen molar-refractivity contribution in [2.24, 2.45) is 0 Å². The predicted molar refractivity (Wildman–Crippen MR) is 64.2 cm³/mol. The van der Waals surface area contributed by atoms with Gasteiger partial charge in [-0.15, -0.1) is 0 Å². The fourth-order valence-electron chi connectivity index (χ4n) is 2.06. The van der Waals surface area contributed by atoms with E-state index in [1.165, 1.54) is 12.1 Å². The summed E-state index contributed by atoms with van der Waals surface area (Å²) in [6, 6.07) is 5.15. The summed E-state index contributed by atoms with van der Waals surface area (Å²) in [6.07, 6.45) is 1.16. The number of halogens is 2. The second kappa shape index (κ2) is 5.13. The predicted octanol–water partition coefficient (Wildman–Crippen LogP) is 2.27. The third-order valence-corrected chi connectivity index (χ3v) is 3.44. The van der Waals surface area contributed by atoms with E-state index in [-0.39, 0.29) is 5.82 Å². The van der Waals surface area contributed by atoms with Crippen LogP contribution in [0.15, 0.2) is 18.2 Å². The molecule has 0 bridgehead atoms. The summed E-state index contributed by atoms with van der Waals surface area (Å²) in [5.41, 5.74) is 0.984. The molecule has 1 heterocycles. The second-order valence-corrected chi connectivity index (χ2v) is 4.70. The molecule has 0 amide bonds. The summed E-state index contributed by atoms with van der Waals surface area (Å²) >= 11 is 6.00. The SMILES string of the molecule is CN(Cc1ccc(F)cc1Cl)C1CCNC1. The summed E-state index contributed by atoms with van der Waals surface area (Å²) in [5, 5.41) is 3.84. The van der Waals surface area contributed by atoms with E-state index >= 15 is 0 Å². The van der Waals surface area contributed by atoms with E-state index in [1.807, 2.05) is 0 Å². The van der Waals surface area contributed by atoms with Crippen molar-refractivity contribution in [1.29, 1.82) is 0 Å². The first-order valence-corrected chi connectivity index (χ1v) is 5.89. The quantitative estimate of drug-likeness (QED) is 0.875. The number of benzene rings is 1. The van der Waals surface area contributed by atoms with Crippen LogP contribution in [0, 0.1) is 5.82 Å². The summed E-state index contributed by atoms with van der Waals surface area (Å²) in [5.74, 6) is -0.279. The molecule has 1 saturated heterocycles. The molecule has 1 fully saturated rings. The second-order valence-electron chi connectivity index (χ2n) is 4.30. The molecule has 2 rings (SSSR count). The molecule has 4 heteroatoms. The zero-order valence-corrected chi connectivity index (χ0v) is 10.1. The summed E-state index contributed by atoms with van der Waals surface area (Å²) in [7, 11) is 2.08. The van der Waals surface area contributed by atoms with Gasteiger partial charge in [-0.25, -0.2) is 4.39 Å². The number of nitrogens with zero attached hydrogens (tertiary/aromatic N) is 1. The van der Waals surface area contributed by atoms with E-state index in [2.05, 4.69) is 17.3 Å². The molecule has 0 aliphatic carbocycles. The Bertz CT molecular complexity index is 364. The van der Waals surface area contributed by atoms with Gasteiger partial charge in [0.15, 0.2) is 0 Å². The summed E-state index contributed by atoms with van der Waals surface area (Å²) in [4.78, 5) is 2.26. The van der Waals surface area contributed by atoms with Gasteiger partial charge in [-0.2, -0.15) is 0 Å². The number of hydrogen-bond donors (Lipinski definition) is 1. The zero-order chi connectivity index (χ0) is 11.5. The average Bonchev–Trinajstić information content (AvgIpc) is 2.75. The maximum Gasteiger partial charge on any atom is 0.124 e. The van der Waals surface area contributed by atoms with Crippen molar-refractivity contribution < 1.29 is 4.39 Å². The smallest absolute Gasteiger partial charge is 0.124 e. The van der Waals surface area contributed by atoms with Gasteiger partial charge in [0.1, 0.15) is 5.82 Å². The van der Waals surface area contributed by atoms with E-state index < -0.39 is 0 Å². The van der Waals surface area contributed by atoms with Crippen molar-refractivity contribution in [2.75, 3.05) is 20.1 Å². The van der Waals surface area contributed by atoms with Gasteiger partial charge in [-0.1, -0.05) is 17.7 Å². The lowest BCUT2D eigenvalue weighted by molar-refractivity contribution is 0.249. The van der Waals surface area contributed by atoms with Crippen molar-refractivity contribution in [1.82, 2.24) is 10.2 Å². The highest BCUT2D eigenvalue weighted by atomic mass is 35.5. The van der Waals surface area contributed by atoms with Crippen LogP contribution in [-0.2, 0) is 6.54 Å². The molecular weight excluding hydrogens is 227 g/mol. The summed E-state index contributed by atoms with van der Waals surface area (Å²) < 4.78 is 12.9. The van der Waals surface area contributed by atoms with Crippen molar-refractivity contribution in [3.8, 4) is 0 Å². The molecule has 0 saturated carbocycles. The van der Waals surface area contributed by atoms with Crippen LogP contribution in [0.25, 0.3) is 0 Å². The van der Waals surface area contributed by atoms with E-state index in [0.717, 1.165) is 31.6 Å². The monoisotopic (exact) mass is 242 g/mol. The van der Waals surface area contributed by atoms with Gasteiger partial charge in [0.05, 0.1) is 0 Å². The average molecular weight is 243 g/mol. The first-order valence-electron chi connectivity index (χ1n) is 5.51. The standard InChI is InChI=1S/C12H16ClFN2/c1-16(11-4-5-15-7-11)8-9-2-3-10(14)6-12(9)13/h2-3,6,11,15H,4-5,7-8H2,1H3. The molecule has 88 valence electrons. The minimum atomic E-state index is -0.279. The van der Waals surface area contributed by atoms with Crippen LogP contribution < -0.4 is 5.32 Å². The Labute approximate surface area is 100 Å². The van der Waals surface area contributed by atoms with Gasteiger partial charge >= 0.3 is 0 Å². The van der Waals surface area contributed by atoms with Gasteiger partial charge in [0, 0.05) is 24.2 Å². The number of hydrogen-bond acceptors (Lipinski definition) is 2. The first-order chi connectivity index (χ1) is 7.66. The van der Waals surface area contributed by atoms with Crippen LogP contribution >= 0.6 is 11.6 Å². The van der Waals surface area contributed by atoms with Crippen LogP contribution in [0.1, 0.15) is 12.0 Å². The molecule has 0 spiro atoms. The summed E-state index contributed by atoms with van der Waals surface area (Å²) in [6.45, 7) is 2.87.